The van der Waals surface area contributed by atoms with Crippen molar-refractivity contribution in [1.29, 1.82) is 0 Å². The second-order valence-electron chi connectivity index (χ2n) is 9.17. The first-order chi connectivity index (χ1) is 16.5. The molecular formula is C29H28N2O2S. The summed E-state index contributed by atoms with van der Waals surface area (Å²) in [6.07, 6.45) is 4.67. The van der Waals surface area contributed by atoms with Crippen LogP contribution < -0.4 is 4.90 Å². The summed E-state index contributed by atoms with van der Waals surface area (Å²) >= 11 is 1.39. The molecule has 3 aromatic carbocycles. The van der Waals surface area contributed by atoms with E-state index in [1.165, 1.54) is 35.7 Å². The number of nitrogens with zero attached hydrogens (tertiary/aromatic N) is 2. The van der Waals surface area contributed by atoms with Crippen molar-refractivity contribution in [2.24, 2.45) is 4.99 Å². The quantitative estimate of drug-likeness (QED) is 0.397. The van der Waals surface area contributed by atoms with Gasteiger partial charge in [-0.3, -0.25) is 14.5 Å². The molecule has 0 saturated carbocycles. The van der Waals surface area contributed by atoms with Crippen molar-refractivity contribution >= 4 is 40.0 Å². The summed E-state index contributed by atoms with van der Waals surface area (Å²) in [6.45, 7) is 4.03. The number of hydrogen-bond acceptors (Lipinski definition) is 4. The second kappa shape index (κ2) is 9.59. The molecule has 1 saturated heterocycles. The first kappa shape index (κ1) is 22.6. The lowest BCUT2D eigenvalue weighted by Crippen LogP contribution is -2.32. The number of amidine groups is 1. The van der Waals surface area contributed by atoms with E-state index in [2.05, 4.69) is 6.07 Å². The molecule has 0 spiro atoms. The maximum absolute atomic E-state index is 13.6. The van der Waals surface area contributed by atoms with Gasteiger partial charge in [0.25, 0.3) is 0 Å². The SMILES string of the molecule is Cc1cccc(N=C2SC(CC(=O)c3ccc4c(c3)CCCC4)C(=O)N2c2cccc(C)c2)c1. The molecule has 1 unspecified atom stereocenters. The lowest BCUT2D eigenvalue weighted by Gasteiger charge is -2.17. The number of carbonyl (C=O) groups is 2. The fraction of sp³-hybridized carbons (Fsp3) is 0.276. The van der Waals surface area contributed by atoms with Crippen molar-refractivity contribution in [3.05, 3.63) is 94.5 Å². The molecule has 5 heteroatoms. The van der Waals surface area contributed by atoms with Crippen molar-refractivity contribution < 1.29 is 9.59 Å². The molecule has 5 rings (SSSR count). The summed E-state index contributed by atoms with van der Waals surface area (Å²) in [6, 6.07) is 21.8. The number of rotatable bonds is 5. The third-order valence-electron chi connectivity index (χ3n) is 6.46. The van der Waals surface area contributed by atoms with E-state index >= 15 is 0 Å². The Kier molecular flexibility index (Phi) is 6.38. The maximum Gasteiger partial charge on any atom is 0.247 e. The molecule has 0 radical (unpaired) electrons. The molecule has 3 aromatic rings. The van der Waals surface area contributed by atoms with E-state index in [4.69, 9.17) is 4.99 Å². The van der Waals surface area contributed by atoms with Crippen LogP contribution in [0.25, 0.3) is 0 Å². The minimum atomic E-state index is -0.493. The molecule has 1 heterocycles. The van der Waals surface area contributed by atoms with Crippen molar-refractivity contribution in [3.63, 3.8) is 0 Å². The molecule has 1 atom stereocenters. The predicted molar refractivity (Wildman–Crippen MR) is 140 cm³/mol. The van der Waals surface area contributed by atoms with E-state index in [1.807, 2.05) is 74.5 Å². The van der Waals surface area contributed by atoms with Gasteiger partial charge in [-0.2, -0.15) is 0 Å². The minimum absolute atomic E-state index is 0.0141. The van der Waals surface area contributed by atoms with Crippen molar-refractivity contribution in [1.82, 2.24) is 0 Å². The van der Waals surface area contributed by atoms with E-state index in [0.717, 1.165) is 35.3 Å². The summed E-state index contributed by atoms with van der Waals surface area (Å²) in [5.41, 5.74) is 7.11. The highest BCUT2D eigenvalue weighted by molar-refractivity contribution is 8.16. The van der Waals surface area contributed by atoms with E-state index in [1.54, 1.807) is 4.90 Å². The van der Waals surface area contributed by atoms with Gasteiger partial charge in [0.15, 0.2) is 11.0 Å². The molecule has 34 heavy (non-hydrogen) atoms. The number of fused-ring (bicyclic) bond motifs is 1. The number of Topliss-reactive ketones (excluding diaryl/α,β-unsaturated/α-hetero) is 1. The maximum atomic E-state index is 13.6. The Labute approximate surface area is 205 Å². The largest absolute Gasteiger partial charge is 0.294 e. The zero-order chi connectivity index (χ0) is 23.7. The smallest absolute Gasteiger partial charge is 0.247 e. The van der Waals surface area contributed by atoms with Gasteiger partial charge in [-0.25, -0.2) is 4.99 Å². The summed E-state index contributed by atoms with van der Waals surface area (Å²) in [4.78, 5) is 33.3. The standard InChI is InChI=1S/C29H28N2O2S/c1-19-7-5-11-24(15-19)30-29-31(25-12-6-8-20(2)16-25)28(33)27(34-29)18-26(32)23-14-13-21-9-3-4-10-22(21)17-23/h5-8,11-17,27H,3-4,9-10,18H2,1-2H3. The summed E-state index contributed by atoms with van der Waals surface area (Å²) < 4.78 is 0. The summed E-state index contributed by atoms with van der Waals surface area (Å²) in [5, 5.41) is 0.122. The lowest BCUT2D eigenvalue weighted by atomic mass is 9.89. The van der Waals surface area contributed by atoms with Crippen LogP contribution in [0.15, 0.2) is 71.7 Å². The fourth-order valence-electron chi connectivity index (χ4n) is 4.68. The predicted octanol–water partition coefficient (Wildman–Crippen LogP) is 6.59. The summed E-state index contributed by atoms with van der Waals surface area (Å²) in [7, 11) is 0. The van der Waals surface area contributed by atoms with Gasteiger partial charge in [-0.05, 0) is 92.1 Å². The van der Waals surface area contributed by atoms with E-state index < -0.39 is 5.25 Å². The first-order valence-electron chi connectivity index (χ1n) is 11.9. The molecule has 1 aliphatic carbocycles. The molecule has 1 fully saturated rings. The van der Waals surface area contributed by atoms with Gasteiger partial charge in [0.05, 0.1) is 16.6 Å². The molecule has 0 bridgehead atoms. The van der Waals surface area contributed by atoms with Crippen LogP contribution in [0, 0.1) is 13.8 Å². The van der Waals surface area contributed by atoms with Crippen LogP contribution in [0.4, 0.5) is 11.4 Å². The zero-order valence-corrected chi connectivity index (χ0v) is 20.4. The molecule has 0 N–H and O–H groups in total. The Morgan fingerprint density at radius 2 is 1.68 bits per heavy atom. The molecule has 4 nitrogen and oxygen atoms in total. The highest BCUT2D eigenvalue weighted by Crippen LogP contribution is 2.36. The van der Waals surface area contributed by atoms with Gasteiger partial charge in [0, 0.05) is 12.0 Å². The Balaban J connectivity index is 1.44. The van der Waals surface area contributed by atoms with Crippen LogP contribution in [0.1, 0.15) is 51.9 Å². The van der Waals surface area contributed by atoms with Crippen LogP contribution in [-0.4, -0.2) is 22.1 Å². The number of aryl methyl sites for hydroxylation is 4. The Morgan fingerprint density at radius 3 is 2.44 bits per heavy atom. The average molecular weight is 469 g/mol. The highest BCUT2D eigenvalue weighted by Gasteiger charge is 2.40. The molecular weight excluding hydrogens is 440 g/mol. The van der Waals surface area contributed by atoms with Crippen molar-refractivity contribution in [2.75, 3.05) is 4.90 Å². The van der Waals surface area contributed by atoms with Crippen molar-refractivity contribution in [3.8, 4) is 0 Å². The van der Waals surface area contributed by atoms with Crippen LogP contribution in [0.2, 0.25) is 0 Å². The van der Waals surface area contributed by atoms with Gasteiger partial charge < -0.3 is 0 Å². The third kappa shape index (κ3) is 4.71. The fourth-order valence-corrected chi connectivity index (χ4v) is 5.83. The number of aliphatic imine (C=N–C) groups is 1. The van der Waals surface area contributed by atoms with Gasteiger partial charge >= 0.3 is 0 Å². The minimum Gasteiger partial charge on any atom is -0.294 e. The molecule has 1 aliphatic heterocycles. The third-order valence-corrected chi connectivity index (χ3v) is 7.60. The van der Waals surface area contributed by atoms with Crippen LogP contribution in [0.5, 0.6) is 0 Å². The lowest BCUT2D eigenvalue weighted by molar-refractivity contribution is -0.116. The van der Waals surface area contributed by atoms with Crippen LogP contribution >= 0.6 is 11.8 Å². The van der Waals surface area contributed by atoms with E-state index in [9.17, 15) is 9.59 Å². The summed E-state index contributed by atoms with van der Waals surface area (Å²) in [5.74, 6) is -0.0754. The van der Waals surface area contributed by atoms with Crippen molar-refractivity contribution in [2.45, 2.75) is 51.2 Å². The molecule has 172 valence electrons. The van der Waals surface area contributed by atoms with Gasteiger partial charge in [-0.15, -0.1) is 0 Å². The number of thioether (sulfide) groups is 1. The number of carbonyl (C=O) groups excluding carboxylic acids is 2. The van der Waals surface area contributed by atoms with Crippen LogP contribution in [0.3, 0.4) is 0 Å². The molecule has 1 amide bonds. The first-order valence-corrected chi connectivity index (χ1v) is 12.7. The van der Waals surface area contributed by atoms with Gasteiger partial charge in [0.2, 0.25) is 5.91 Å². The molecule has 0 aromatic heterocycles. The van der Waals surface area contributed by atoms with E-state index in [0.29, 0.717) is 10.7 Å². The van der Waals surface area contributed by atoms with Crippen LogP contribution in [-0.2, 0) is 17.6 Å². The molecule has 2 aliphatic rings. The second-order valence-corrected chi connectivity index (χ2v) is 10.3. The monoisotopic (exact) mass is 468 g/mol. The Bertz CT molecular complexity index is 1300. The number of amides is 1. The van der Waals surface area contributed by atoms with Gasteiger partial charge in [0.1, 0.15) is 0 Å². The number of anilines is 1. The Hall–Kier alpha value is -3.18. The average Bonchev–Trinajstić information content (AvgIpc) is 3.13. The van der Waals surface area contributed by atoms with Gasteiger partial charge in [-0.1, -0.05) is 48.2 Å². The van der Waals surface area contributed by atoms with E-state index in [-0.39, 0.29) is 18.1 Å². The number of benzene rings is 3. The normalized spacial score (nSPS) is 18.9. The highest BCUT2D eigenvalue weighted by atomic mass is 32.2. The Morgan fingerprint density at radius 1 is 0.941 bits per heavy atom. The zero-order valence-electron chi connectivity index (χ0n) is 19.6. The topological polar surface area (TPSA) is 49.7 Å². The number of hydrogen-bond donors (Lipinski definition) is 0. The number of ketones is 1.